The van der Waals surface area contributed by atoms with Gasteiger partial charge < -0.3 is 10.5 Å². The quantitative estimate of drug-likeness (QED) is 0.808. The molecule has 0 fully saturated rings. The number of ether oxygens (including phenoxy) is 1. The fraction of sp³-hybridized carbons (Fsp3) is 0.0909. The standard InChI is InChI=1S/C11H11N3O/c1-8-2-3-10(7-14-8)15-9-4-5-13-11(12)6-9/h2-7H,1H3,(H2,12,13). The van der Waals surface area contributed by atoms with Gasteiger partial charge in [-0.2, -0.15) is 0 Å². The minimum atomic E-state index is 0.438. The molecule has 0 aliphatic heterocycles. The number of nitrogens with two attached hydrogens (primary N) is 1. The summed E-state index contributed by atoms with van der Waals surface area (Å²) in [6.07, 6.45) is 3.28. The summed E-state index contributed by atoms with van der Waals surface area (Å²) in [5.41, 5.74) is 6.48. The molecule has 0 atom stereocenters. The SMILES string of the molecule is Cc1ccc(Oc2ccnc(N)c2)cn1. The average molecular weight is 201 g/mol. The van der Waals surface area contributed by atoms with Gasteiger partial charge in [-0.25, -0.2) is 4.98 Å². The molecule has 15 heavy (non-hydrogen) atoms. The van der Waals surface area contributed by atoms with Crippen LogP contribution >= 0.6 is 0 Å². The van der Waals surface area contributed by atoms with Gasteiger partial charge >= 0.3 is 0 Å². The minimum absolute atomic E-state index is 0.438. The molecule has 0 amide bonds. The van der Waals surface area contributed by atoms with E-state index < -0.39 is 0 Å². The summed E-state index contributed by atoms with van der Waals surface area (Å²) in [5.74, 6) is 1.78. The molecule has 0 unspecified atom stereocenters. The summed E-state index contributed by atoms with van der Waals surface area (Å²) in [7, 11) is 0. The van der Waals surface area contributed by atoms with E-state index in [-0.39, 0.29) is 0 Å². The number of anilines is 1. The number of aryl methyl sites for hydroxylation is 1. The fourth-order valence-electron chi connectivity index (χ4n) is 1.14. The van der Waals surface area contributed by atoms with E-state index in [1.807, 2.05) is 19.1 Å². The molecule has 2 rings (SSSR count). The van der Waals surface area contributed by atoms with E-state index in [1.54, 1.807) is 24.5 Å². The van der Waals surface area contributed by atoms with Crippen molar-refractivity contribution in [2.24, 2.45) is 0 Å². The van der Waals surface area contributed by atoms with Crippen molar-refractivity contribution in [3.63, 3.8) is 0 Å². The molecule has 0 aromatic carbocycles. The molecule has 76 valence electrons. The molecule has 0 bridgehead atoms. The Kier molecular flexibility index (Phi) is 2.49. The van der Waals surface area contributed by atoms with Crippen LogP contribution in [-0.4, -0.2) is 9.97 Å². The van der Waals surface area contributed by atoms with Crippen LogP contribution in [0.4, 0.5) is 5.82 Å². The van der Waals surface area contributed by atoms with Crippen molar-refractivity contribution in [2.75, 3.05) is 5.73 Å². The minimum Gasteiger partial charge on any atom is -0.456 e. The Morgan fingerprint density at radius 1 is 1.13 bits per heavy atom. The Morgan fingerprint density at radius 2 is 2.00 bits per heavy atom. The molecular weight excluding hydrogens is 190 g/mol. The first-order valence-corrected chi connectivity index (χ1v) is 4.56. The molecule has 0 saturated heterocycles. The zero-order valence-corrected chi connectivity index (χ0v) is 8.34. The average Bonchev–Trinajstić information content (AvgIpc) is 2.22. The maximum atomic E-state index is 5.53. The van der Waals surface area contributed by atoms with E-state index in [9.17, 15) is 0 Å². The lowest BCUT2D eigenvalue weighted by Crippen LogP contribution is -1.91. The molecular formula is C11H11N3O. The number of aromatic nitrogens is 2. The van der Waals surface area contributed by atoms with Gasteiger partial charge in [0.1, 0.15) is 17.3 Å². The normalized spacial score (nSPS) is 9.93. The highest BCUT2D eigenvalue weighted by atomic mass is 16.5. The summed E-state index contributed by atoms with van der Waals surface area (Å²) in [6.45, 7) is 1.92. The molecule has 2 aromatic heterocycles. The van der Waals surface area contributed by atoms with Crippen molar-refractivity contribution in [2.45, 2.75) is 6.92 Å². The number of hydrogen-bond acceptors (Lipinski definition) is 4. The van der Waals surface area contributed by atoms with Gasteiger partial charge in [-0.05, 0) is 25.1 Å². The van der Waals surface area contributed by atoms with Crippen molar-refractivity contribution in [1.82, 2.24) is 9.97 Å². The van der Waals surface area contributed by atoms with Crippen molar-refractivity contribution >= 4 is 5.82 Å². The lowest BCUT2D eigenvalue weighted by Gasteiger charge is -2.05. The Morgan fingerprint density at radius 3 is 2.67 bits per heavy atom. The maximum absolute atomic E-state index is 5.53. The molecule has 0 spiro atoms. The van der Waals surface area contributed by atoms with Crippen LogP contribution in [-0.2, 0) is 0 Å². The van der Waals surface area contributed by atoms with Crippen LogP contribution in [0.15, 0.2) is 36.7 Å². The van der Waals surface area contributed by atoms with Crippen molar-refractivity contribution in [3.05, 3.63) is 42.4 Å². The second kappa shape index (κ2) is 3.96. The summed E-state index contributed by atoms with van der Waals surface area (Å²) in [5, 5.41) is 0. The van der Waals surface area contributed by atoms with E-state index in [0.29, 0.717) is 17.3 Å². The van der Waals surface area contributed by atoms with Crippen molar-refractivity contribution < 1.29 is 4.74 Å². The molecule has 2 heterocycles. The summed E-state index contributed by atoms with van der Waals surface area (Å²) >= 11 is 0. The molecule has 0 aliphatic rings. The highest BCUT2D eigenvalue weighted by Crippen LogP contribution is 2.20. The largest absolute Gasteiger partial charge is 0.456 e. The highest BCUT2D eigenvalue weighted by Gasteiger charge is 1.98. The number of hydrogen-bond donors (Lipinski definition) is 1. The van der Waals surface area contributed by atoms with Gasteiger partial charge in [-0.3, -0.25) is 4.98 Å². The van der Waals surface area contributed by atoms with Gasteiger partial charge in [0.2, 0.25) is 0 Å². The molecule has 2 aromatic rings. The predicted octanol–water partition coefficient (Wildman–Crippen LogP) is 2.16. The summed E-state index contributed by atoms with van der Waals surface area (Å²) < 4.78 is 5.53. The first-order valence-electron chi connectivity index (χ1n) is 4.56. The van der Waals surface area contributed by atoms with Crippen LogP contribution in [0.25, 0.3) is 0 Å². The van der Waals surface area contributed by atoms with E-state index in [1.165, 1.54) is 0 Å². The molecule has 2 N–H and O–H groups in total. The maximum Gasteiger partial charge on any atom is 0.145 e. The third kappa shape index (κ3) is 2.43. The number of nitrogen functional groups attached to an aromatic ring is 1. The van der Waals surface area contributed by atoms with E-state index >= 15 is 0 Å². The van der Waals surface area contributed by atoms with E-state index in [4.69, 9.17) is 10.5 Å². The molecule has 0 saturated carbocycles. The van der Waals surface area contributed by atoms with Crippen molar-refractivity contribution in [3.8, 4) is 11.5 Å². The summed E-state index contributed by atoms with van der Waals surface area (Å²) in [4.78, 5) is 8.00. The van der Waals surface area contributed by atoms with Gasteiger partial charge in [-0.15, -0.1) is 0 Å². The van der Waals surface area contributed by atoms with Gasteiger partial charge in [0.15, 0.2) is 0 Å². The van der Waals surface area contributed by atoms with Gasteiger partial charge in [0.05, 0.1) is 6.20 Å². The summed E-state index contributed by atoms with van der Waals surface area (Å²) in [6, 6.07) is 7.16. The van der Waals surface area contributed by atoms with E-state index in [0.717, 1.165) is 5.69 Å². The second-order valence-corrected chi connectivity index (χ2v) is 3.15. The monoisotopic (exact) mass is 201 g/mol. The Hall–Kier alpha value is -2.10. The number of nitrogens with zero attached hydrogens (tertiary/aromatic N) is 2. The van der Waals surface area contributed by atoms with Crippen LogP contribution in [0.1, 0.15) is 5.69 Å². The molecule has 4 heteroatoms. The van der Waals surface area contributed by atoms with Gasteiger partial charge in [0, 0.05) is 18.0 Å². The van der Waals surface area contributed by atoms with Crippen LogP contribution in [0.2, 0.25) is 0 Å². The molecule has 4 nitrogen and oxygen atoms in total. The highest BCUT2D eigenvalue weighted by molar-refractivity contribution is 5.38. The number of pyridine rings is 2. The first kappa shape index (κ1) is 9.45. The van der Waals surface area contributed by atoms with Gasteiger partial charge in [-0.1, -0.05) is 0 Å². The third-order valence-electron chi connectivity index (χ3n) is 1.87. The zero-order chi connectivity index (χ0) is 10.7. The van der Waals surface area contributed by atoms with Crippen molar-refractivity contribution in [1.29, 1.82) is 0 Å². The van der Waals surface area contributed by atoms with Crippen LogP contribution in [0.3, 0.4) is 0 Å². The lowest BCUT2D eigenvalue weighted by molar-refractivity contribution is 0.479. The zero-order valence-electron chi connectivity index (χ0n) is 8.34. The van der Waals surface area contributed by atoms with Crippen LogP contribution in [0.5, 0.6) is 11.5 Å². The molecule has 0 aliphatic carbocycles. The van der Waals surface area contributed by atoms with E-state index in [2.05, 4.69) is 9.97 Å². The Bertz CT molecular complexity index is 454. The lowest BCUT2D eigenvalue weighted by atomic mass is 10.3. The topological polar surface area (TPSA) is 61.0 Å². The Labute approximate surface area is 87.7 Å². The second-order valence-electron chi connectivity index (χ2n) is 3.15. The Balaban J connectivity index is 2.18. The first-order chi connectivity index (χ1) is 7.24. The van der Waals surface area contributed by atoms with Crippen LogP contribution < -0.4 is 10.5 Å². The van der Waals surface area contributed by atoms with Crippen LogP contribution in [0, 0.1) is 6.92 Å². The van der Waals surface area contributed by atoms with Gasteiger partial charge in [0.25, 0.3) is 0 Å². The smallest absolute Gasteiger partial charge is 0.145 e. The predicted molar refractivity (Wildman–Crippen MR) is 57.7 cm³/mol. The number of rotatable bonds is 2. The fourth-order valence-corrected chi connectivity index (χ4v) is 1.14. The molecule has 0 radical (unpaired) electrons. The third-order valence-corrected chi connectivity index (χ3v) is 1.87.